The predicted octanol–water partition coefficient (Wildman–Crippen LogP) is 0.349. The van der Waals surface area contributed by atoms with Gasteiger partial charge in [0, 0.05) is 18.9 Å². The maximum atomic E-state index is 11.1. The highest BCUT2D eigenvalue weighted by Gasteiger charge is 2.30. The molecule has 0 saturated carbocycles. The predicted molar refractivity (Wildman–Crippen MR) is 48.3 cm³/mol. The number of aliphatic hydroxyl groups is 1. The zero-order valence-corrected chi connectivity index (χ0v) is 8.14. The number of amides is 1. The van der Waals surface area contributed by atoms with Gasteiger partial charge in [0.1, 0.15) is 0 Å². The van der Waals surface area contributed by atoms with Crippen LogP contribution in [0.4, 0.5) is 4.79 Å². The first-order valence-corrected chi connectivity index (χ1v) is 4.57. The van der Waals surface area contributed by atoms with Gasteiger partial charge in [-0.05, 0) is 6.42 Å². The fourth-order valence-electron chi connectivity index (χ4n) is 1.63. The highest BCUT2D eigenvalue weighted by Crippen LogP contribution is 2.20. The Bertz CT molecular complexity index is 249. The molecule has 1 N–H and O–H groups in total. The third-order valence-electron chi connectivity index (χ3n) is 2.51. The van der Waals surface area contributed by atoms with Gasteiger partial charge in [-0.1, -0.05) is 0 Å². The molecule has 1 heterocycles. The molecule has 1 fully saturated rings. The van der Waals surface area contributed by atoms with E-state index in [-0.39, 0.29) is 12.5 Å². The molecule has 78 valence electrons. The topological polar surface area (TPSA) is 73.6 Å². The van der Waals surface area contributed by atoms with Crippen LogP contribution in [0.15, 0.2) is 0 Å². The third-order valence-corrected chi connectivity index (χ3v) is 2.51. The first-order chi connectivity index (χ1) is 6.69. The number of piperidine rings is 1. The van der Waals surface area contributed by atoms with E-state index in [1.54, 1.807) is 0 Å². The fraction of sp³-hybridized carbons (Fsp3) is 0.778. The standard InChI is InChI=1S/C9H14N2O3/c1-14-9(13)11-5-3-7(2-4-10)8(12)6-11/h7-8,12H,2-3,5-6H2,1H3/t7-,8+/m1/s1. The van der Waals surface area contributed by atoms with Gasteiger partial charge in [0.2, 0.25) is 0 Å². The first kappa shape index (κ1) is 10.8. The summed E-state index contributed by atoms with van der Waals surface area (Å²) in [5.74, 6) is -0.0130. The smallest absolute Gasteiger partial charge is 0.409 e. The molecule has 0 aromatic rings. The van der Waals surface area contributed by atoms with Crippen LogP contribution in [0.2, 0.25) is 0 Å². The number of ether oxygens (including phenoxy) is 1. The van der Waals surface area contributed by atoms with Gasteiger partial charge in [-0.2, -0.15) is 5.26 Å². The Hall–Kier alpha value is -1.28. The van der Waals surface area contributed by atoms with Gasteiger partial charge in [-0.25, -0.2) is 4.79 Å². The number of rotatable bonds is 1. The molecule has 1 aliphatic rings. The van der Waals surface area contributed by atoms with Crippen molar-refractivity contribution < 1.29 is 14.6 Å². The molecule has 5 nitrogen and oxygen atoms in total. The molecule has 0 spiro atoms. The lowest BCUT2D eigenvalue weighted by molar-refractivity contribution is 0.0219. The molecule has 2 atom stereocenters. The van der Waals surface area contributed by atoms with Crippen molar-refractivity contribution in [3.8, 4) is 6.07 Å². The van der Waals surface area contributed by atoms with Crippen molar-refractivity contribution in [3.05, 3.63) is 0 Å². The number of likely N-dealkylation sites (tertiary alicyclic amines) is 1. The molecule has 0 aromatic carbocycles. The number of β-amino-alcohol motifs (C(OH)–C–C–N with tert-alkyl or cyclic N) is 1. The molecule has 1 rings (SSSR count). The maximum Gasteiger partial charge on any atom is 0.409 e. The van der Waals surface area contributed by atoms with Gasteiger partial charge in [-0.3, -0.25) is 0 Å². The molecule has 5 heteroatoms. The second-order valence-electron chi connectivity index (χ2n) is 3.39. The van der Waals surface area contributed by atoms with E-state index in [2.05, 4.69) is 4.74 Å². The van der Waals surface area contributed by atoms with Crippen molar-refractivity contribution in [2.75, 3.05) is 20.2 Å². The fourth-order valence-corrected chi connectivity index (χ4v) is 1.63. The summed E-state index contributed by atoms with van der Waals surface area (Å²) < 4.78 is 4.54. The average Bonchev–Trinajstić information content (AvgIpc) is 2.20. The van der Waals surface area contributed by atoms with E-state index in [0.29, 0.717) is 19.4 Å². The van der Waals surface area contributed by atoms with Crippen molar-refractivity contribution in [1.82, 2.24) is 4.90 Å². The lowest BCUT2D eigenvalue weighted by Crippen LogP contribution is -2.46. The van der Waals surface area contributed by atoms with E-state index in [0.717, 1.165) is 0 Å². The number of carbonyl (C=O) groups is 1. The monoisotopic (exact) mass is 198 g/mol. The van der Waals surface area contributed by atoms with E-state index in [9.17, 15) is 9.90 Å². The van der Waals surface area contributed by atoms with Gasteiger partial charge >= 0.3 is 6.09 Å². The quantitative estimate of drug-likeness (QED) is 0.659. The molecular formula is C9H14N2O3. The third kappa shape index (κ3) is 2.36. The number of nitrogens with zero attached hydrogens (tertiary/aromatic N) is 2. The molecule has 1 saturated heterocycles. The number of aliphatic hydroxyl groups excluding tert-OH is 1. The molecule has 1 aliphatic heterocycles. The lowest BCUT2D eigenvalue weighted by atomic mass is 9.92. The van der Waals surface area contributed by atoms with E-state index in [1.807, 2.05) is 6.07 Å². The average molecular weight is 198 g/mol. The van der Waals surface area contributed by atoms with E-state index in [1.165, 1.54) is 12.0 Å². The summed E-state index contributed by atoms with van der Waals surface area (Å²) in [6, 6.07) is 2.03. The van der Waals surface area contributed by atoms with Gasteiger partial charge in [0.05, 0.1) is 25.8 Å². The van der Waals surface area contributed by atoms with Crippen molar-refractivity contribution in [3.63, 3.8) is 0 Å². The van der Waals surface area contributed by atoms with Crippen molar-refractivity contribution in [2.24, 2.45) is 5.92 Å². The van der Waals surface area contributed by atoms with Crippen LogP contribution in [0.25, 0.3) is 0 Å². The zero-order chi connectivity index (χ0) is 10.6. The summed E-state index contributed by atoms with van der Waals surface area (Å²) >= 11 is 0. The van der Waals surface area contributed by atoms with Crippen LogP contribution in [-0.2, 0) is 4.74 Å². The minimum Gasteiger partial charge on any atom is -0.453 e. The molecule has 0 aliphatic carbocycles. The van der Waals surface area contributed by atoms with Crippen LogP contribution in [0.1, 0.15) is 12.8 Å². The highest BCUT2D eigenvalue weighted by atomic mass is 16.5. The van der Waals surface area contributed by atoms with Crippen molar-refractivity contribution in [1.29, 1.82) is 5.26 Å². The largest absolute Gasteiger partial charge is 0.453 e. The molecule has 0 unspecified atom stereocenters. The molecule has 14 heavy (non-hydrogen) atoms. The molecule has 0 radical (unpaired) electrons. The highest BCUT2D eigenvalue weighted by molar-refractivity contribution is 5.67. The van der Waals surface area contributed by atoms with Crippen LogP contribution in [0.3, 0.4) is 0 Å². The normalized spacial score (nSPS) is 26.8. The lowest BCUT2D eigenvalue weighted by Gasteiger charge is -2.33. The van der Waals surface area contributed by atoms with Gasteiger partial charge in [-0.15, -0.1) is 0 Å². The Morgan fingerprint density at radius 2 is 2.50 bits per heavy atom. The minimum atomic E-state index is -0.609. The minimum absolute atomic E-state index is 0.0130. The van der Waals surface area contributed by atoms with Crippen LogP contribution in [-0.4, -0.2) is 42.4 Å². The maximum absolute atomic E-state index is 11.1. The summed E-state index contributed by atoms with van der Waals surface area (Å²) in [4.78, 5) is 12.6. The first-order valence-electron chi connectivity index (χ1n) is 4.57. The number of hydrogen-bond acceptors (Lipinski definition) is 4. The summed E-state index contributed by atoms with van der Waals surface area (Å²) in [5.41, 5.74) is 0. The van der Waals surface area contributed by atoms with E-state index < -0.39 is 12.2 Å². The molecule has 0 bridgehead atoms. The summed E-state index contributed by atoms with van der Waals surface area (Å²) in [6.07, 6.45) is -0.0260. The molecule has 1 amide bonds. The zero-order valence-electron chi connectivity index (χ0n) is 8.14. The second-order valence-corrected chi connectivity index (χ2v) is 3.39. The summed E-state index contributed by atoms with van der Waals surface area (Å²) in [6.45, 7) is 0.815. The SMILES string of the molecule is COC(=O)N1CC[C@@H](CC#N)[C@@H](O)C1. The number of methoxy groups -OCH3 is 1. The Balaban J connectivity index is 2.47. The second kappa shape index (κ2) is 4.82. The molecule has 0 aromatic heterocycles. The Kier molecular flexibility index (Phi) is 3.72. The van der Waals surface area contributed by atoms with Crippen LogP contribution in [0.5, 0.6) is 0 Å². The number of carbonyl (C=O) groups excluding carboxylic acids is 1. The molecular weight excluding hydrogens is 184 g/mol. The Labute approximate surface area is 82.9 Å². The van der Waals surface area contributed by atoms with Crippen molar-refractivity contribution >= 4 is 6.09 Å². The van der Waals surface area contributed by atoms with E-state index in [4.69, 9.17) is 5.26 Å². The number of hydrogen-bond donors (Lipinski definition) is 1. The Morgan fingerprint density at radius 3 is 3.00 bits per heavy atom. The van der Waals surface area contributed by atoms with Crippen LogP contribution in [0, 0.1) is 17.2 Å². The van der Waals surface area contributed by atoms with Gasteiger partial charge < -0.3 is 14.7 Å². The van der Waals surface area contributed by atoms with E-state index >= 15 is 0 Å². The van der Waals surface area contributed by atoms with Crippen molar-refractivity contribution in [2.45, 2.75) is 18.9 Å². The Morgan fingerprint density at radius 1 is 1.79 bits per heavy atom. The summed E-state index contributed by atoms with van der Waals surface area (Å²) in [7, 11) is 1.32. The number of nitriles is 1. The van der Waals surface area contributed by atoms with Gasteiger partial charge in [0.25, 0.3) is 0 Å². The van der Waals surface area contributed by atoms with Gasteiger partial charge in [0.15, 0.2) is 0 Å². The summed E-state index contributed by atoms with van der Waals surface area (Å²) in [5, 5.41) is 18.1. The van der Waals surface area contributed by atoms with Crippen LogP contribution >= 0.6 is 0 Å². The van der Waals surface area contributed by atoms with Crippen LogP contribution < -0.4 is 0 Å².